The van der Waals surface area contributed by atoms with Gasteiger partial charge in [0.05, 0.1) is 17.9 Å². The molecular weight excluding hydrogens is 431 g/mol. The molecule has 4 rings (SSSR count). The van der Waals surface area contributed by atoms with Gasteiger partial charge in [-0.1, -0.05) is 0 Å². The minimum absolute atomic E-state index is 0.00153. The number of halogens is 3. The highest BCUT2D eigenvalue weighted by atomic mass is 19.4. The number of carbonyl (C=O) groups excluding carboxylic acids is 1. The van der Waals surface area contributed by atoms with Crippen LogP contribution in [0, 0.1) is 0 Å². The van der Waals surface area contributed by atoms with E-state index in [1.54, 1.807) is 17.0 Å². The van der Waals surface area contributed by atoms with Crippen LogP contribution >= 0.6 is 0 Å². The number of piperazine rings is 1. The number of anilines is 1. The Bertz CT molecular complexity index is 1030. The Labute approximate surface area is 180 Å². The van der Waals surface area contributed by atoms with Gasteiger partial charge in [0.25, 0.3) is 5.88 Å². The molecule has 1 aliphatic heterocycles. The van der Waals surface area contributed by atoms with Gasteiger partial charge in [0.1, 0.15) is 5.82 Å². The van der Waals surface area contributed by atoms with Crippen LogP contribution in [0.3, 0.4) is 0 Å². The molecule has 3 aromatic heterocycles. The number of alkyl halides is 3. The molecule has 1 saturated heterocycles. The van der Waals surface area contributed by atoms with E-state index >= 15 is 0 Å². The molecule has 1 N–H and O–H groups in total. The topological polar surface area (TPSA) is 96.9 Å². The molecule has 32 heavy (non-hydrogen) atoms. The third kappa shape index (κ3) is 5.19. The minimum atomic E-state index is -4.45. The van der Waals surface area contributed by atoms with E-state index < -0.39 is 17.8 Å². The zero-order valence-corrected chi connectivity index (χ0v) is 16.8. The molecule has 0 aromatic carbocycles. The van der Waals surface area contributed by atoms with E-state index in [2.05, 4.69) is 15.5 Å². The number of nitrogens with one attached hydrogen (secondary N) is 1. The molecule has 4 heterocycles. The summed E-state index contributed by atoms with van der Waals surface area (Å²) in [4.78, 5) is 19.5. The van der Waals surface area contributed by atoms with Gasteiger partial charge in [-0.05, 0) is 29.4 Å². The number of pyridine rings is 1. The van der Waals surface area contributed by atoms with Crippen LogP contribution in [0.2, 0.25) is 0 Å². The summed E-state index contributed by atoms with van der Waals surface area (Å²) in [7, 11) is 0. The van der Waals surface area contributed by atoms with Crippen LogP contribution < -0.4 is 15.0 Å². The van der Waals surface area contributed by atoms with Crippen LogP contribution in [-0.4, -0.2) is 60.4 Å². The monoisotopic (exact) mass is 451 g/mol. The first kappa shape index (κ1) is 21.7. The van der Waals surface area contributed by atoms with Crippen molar-refractivity contribution < 1.29 is 31.6 Å². The number of rotatable bonds is 6. The Kier molecular flexibility index (Phi) is 6.30. The lowest BCUT2D eigenvalue weighted by Crippen LogP contribution is -2.49. The number of ether oxygens (including phenoxy) is 1. The van der Waals surface area contributed by atoms with Gasteiger partial charge in [-0.3, -0.25) is 4.90 Å². The SMILES string of the molecule is O=C(NCCN1CCN(c2ncccc2C(F)(F)F)CC1)Oc1cc(-c2ccco2)on1. The number of hydrogen-bond acceptors (Lipinski definition) is 8. The molecule has 1 amide bonds. The van der Waals surface area contributed by atoms with Gasteiger partial charge in [0.15, 0.2) is 5.76 Å². The van der Waals surface area contributed by atoms with Gasteiger partial charge in [-0.2, -0.15) is 13.2 Å². The Morgan fingerprint density at radius 1 is 1.16 bits per heavy atom. The fraction of sp³-hybridized carbons (Fsp3) is 0.350. The zero-order chi connectivity index (χ0) is 22.6. The third-order valence-electron chi connectivity index (χ3n) is 4.91. The molecule has 0 unspecified atom stereocenters. The second-order valence-electron chi connectivity index (χ2n) is 7.02. The summed E-state index contributed by atoms with van der Waals surface area (Å²) in [5.74, 6) is 0.735. The highest BCUT2D eigenvalue weighted by molar-refractivity contribution is 5.70. The lowest BCUT2D eigenvalue weighted by Gasteiger charge is -2.36. The normalized spacial score (nSPS) is 15.0. The first-order valence-corrected chi connectivity index (χ1v) is 9.86. The van der Waals surface area contributed by atoms with E-state index in [1.165, 1.54) is 24.6 Å². The molecule has 0 bridgehead atoms. The standard InChI is InChI=1S/C20H20F3N5O4/c21-20(22,23)14-3-1-5-24-18(14)28-10-8-27(9-11-28)7-6-25-19(29)31-17-13-16(32-26-17)15-4-2-12-30-15/h1-5,12-13H,6-11H2,(H,25,29). The number of carbonyl (C=O) groups is 1. The summed E-state index contributed by atoms with van der Waals surface area (Å²) >= 11 is 0. The smallest absolute Gasteiger partial charge is 0.419 e. The molecule has 1 aliphatic rings. The molecular formula is C20H20F3N5O4. The predicted octanol–water partition coefficient (Wildman–Crippen LogP) is 3.26. The summed E-state index contributed by atoms with van der Waals surface area (Å²) in [6.45, 7) is 2.71. The van der Waals surface area contributed by atoms with Crippen LogP contribution in [0.25, 0.3) is 11.5 Å². The molecule has 0 saturated carbocycles. The van der Waals surface area contributed by atoms with Gasteiger partial charge in [0.2, 0.25) is 5.76 Å². The van der Waals surface area contributed by atoms with Crippen molar-refractivity contribution in [2.24, 2.45) is 0 Å². The number of amides is 1. The lowest BCUT2D eigenvalue weighted by molar-refractivity contribution is -0.137. The van der Waals surface area contributed by atoms with Crippen LogP contribution in [-0.2, 0) is 6.18 Å². The Morgan fingerprint density at radius 3 is 2.69 bits per heavy atom. The van der Waals surface area contributed by atoms with Gasteiger partial charge < -0.3 is 23.9 Å². The van der Waals surface area contributed by atoms with E-state index in [4.69, 9.17) is 13.7 Å². The quantitative estimate of drug-likeness (QED) is 0.610. The van der Waals surface area contributed by atoms with E-state index in [9.17, 15) is 18.0 Å². The van der Waals surface area contributed by atoms with Crippen LogP contribution in [0.1, 0.15) is 5.56 Å². The van der Waals surface area contributed by atoms with Crippen molar-refractivity contribution in [1.82, 2.24) is 20.4 Å². The third-order valence-corrected chi connectivity index (χ3v) is 4.91. The molecule has 0 atom stereocenters. The Morgan fingerprint density at radius 2 is 1.97 bits per heavy atom. The van der Waals surface area contributed by atoms with Crippen molar-refractivity contribution >= 4 is 11.9 Å². The summed E-state index contributed by atoms with van der Waals surface area (Å²) in [5.41, 5.74) is -0.735. The number of nitrogens with zero attached hydrogens (tertiary/aromatic N) is 4. The zero-order valence-electron chi connectivity index (χ0n) is 16.8. The van der Waals surface area contributed by atoms with Gasteiger partial charge in [0, 0.05) is 45.5 Å². The van der Waals surface area contributed by atoms with Crippen molar-refractivity contribution in [2.45, 2.75) is 6.18 Å². The molecule has 3 aromatic rings. The molecule has 1 fully saturated rings. The minimum Gasteiger partial charge on any atom is -0.461 e. The fourth-order valence-electron chi connectivity index (χ4n) is 3.34. The maximum Gasteiger partial charge on any atom is 0.419 e. The molecule has 0 spiro atoms. The van der Waals surface area contributed by atoms with E-state index in [0.29, 0.717) is 50.8 Å². The summed E-state index contributed by atoms with van der Waals surface area (Å²) < 4.78 is 54.9. The van der Waals surface area contributed by atoms with Crippen molar-refractivity contribution in [2.75, 3.05) is 44.2 Å². The molecule has 12 heteroatoms. The summed E-state index contributed by atoms with van der Waals surface area (Å²) in [6, 6.07) is 7.13. The van der Waals surface area contributed by atoms with E-state index in [1.807, 2.05) is 4.90 Å². The second kappa shape index (κ2) is 9.30. The average Bonchev–Trinajstić information content (AvgIpc) is 3.46. The van der Waals surface area contributed by atoms with Gasteiger partial charge in [-0.15, -0.1) is 0 Å². The van der Waals surface area contributed by atoms with Crippen LogP contribution in [0.5, 0.6) is 5.88 Å². The summed E-state index contributed by atoms with van der Waals surface area (Å²) in [5, 5.41) is 6.26. The maximum atomic E-state index is 13.2. The summed E-state index contributed by atoms with van der Waals surface area (Å²) in [6.07, 6.45) is -2.30. The van der Waals surface area contributed by atoms with E-state index in [0.717, 1.165) is 6.07 Å². The van der Waals surface area contributed by atoms with E-state index in [-0.39, 0.29) is 11.7 Å². The Balaban J connectivity index is 1.20. The molecule has 9 nitrogen and oxygen atoms in total. The predicted molar refractivity (Wildman–Crippen MR) is 106 cm³/mol. The number of hydrogen-bond donors (Lipinski definition) is 1. The Hall–Kier alpha value is -3.54. The van der Waals surface area contributed by atoms with Gasteiger partial charge in [-0.25, -0.2) is 9.78 Å². The lowest BCUT2D eigenvalue weighted by atomic mass is 10.2. The second-order valence-corrected chi connectivity index (χ2v) is 7.02. The van der Waals surface area contributed by atoms with Crippen molar-refractivity contribution in [3.05, 3.63) is 48.4 Å². The molecule has 170 valence electrons. The first-order valence-electron chi connectivity index (χ1n) is 9.86. The van der Waals surface area contributed by atoms with Crippen molar-refractivity contribution in [3.63, 3.8) is 0 Å². The van der Waals surface area contributed by atoms with Crippen LogP contribution in [0.15, 0.2) is 51.7 Å². The maximum absolute atomic E-state index is 13.2. The van der Waals surface area contributed by atoms with Crippen molar-refractivity contribution in [3.8, 4) is 17.4 Å². The number of furan rings is 1. The number of aromatic nitrogens is 2. The fourth-order valence-corrected chi connectivity index (χ4v) is 3.34. The first-order chi connectivity index (χ1) is 15.4. The highest BCUT2D eigenvalue weighted by Crippen LogP contribution is 2.35. The average molecular weight is 451 g/mol. The van der Waals surface area contributed by atoms with Crippen molar-refractivity contribution in [1.29, 1.82) is 0 Å². The van der Waals surface area contributed by atoms with Crippen LogP contribution in [0.4, 0.5) is 23.8 Å². The molecule has 0 aliphatic carbocycles. The van der Waals surface area contributed by atoms with Gasteiger partial charge >= 0.3 is 12.3 Å². The highest BCUT2D eigenvalue weighted by Gasteiger charge is 2.36. The largest absolute Gasteiger partial charge is 0.461 e. The molecule has 0 radical (unpaired) electrons.